The molecule has 1 fully saturated rings. The molecule has 0 radical (unpaired) electrons. The van der Waals surface area contributed by atoms with E-state index in [9.17, 15) is 4.79 Å². The van der Waals surface area contributed by atoms with Gasteiger partial charge in [0.1, 0.15) is 5.03 Å². The quantitative estimate of drug-likeness (QED) is 0.509. The number of rotatable bonds is 2. The molecule has 1 rings (SSSR count). The monoisotopic (exact) mass is 202 g/mol. The first-order valence-electron chi connectivity index (χ1n) is 4.69. The van der Waals surface area contributed by atoms with Gasteiger partial charge in [-0.1, -0.05) is 36.9 Å². The summed E-state index contributed by atoms with van der Waals surface area (Å²) in [5.74, 6) is 0.0487. The summed E-state index contributed by atoms with van der Waals surface area (Å²) in [7, 11) is 1.35. The minimum Gasteiger partial charge on any atom is -0.465 e. The summed E-state index contributed by atoms with van der Waals surface area (Å²) in [5, 5.41) is 0.231. The molecule has 0 aromatic carbocycles. The van der Waals surface area contributed by atoms with E-state index in [2.05, 4.69) is 4.74 Å². The average Bonchev–Trinajstić information content (AvgIpc) is 2.18. The van der Waals surface area contributed by atoms with Gasteiger partial charge in [-0.05, 0) is 18.8 Å². The summed E-state index contributed by atoms with van der Waals surface area (Å²) < 4.78 is 4.51. The maximum atomic E-state index is 11.0. The molecular formula is C10H15ClO2. The molecule has 0 aromatic heterocycles. The lowest BCUT2D eigenvalue weighted by Gasteiger charge is -2.17. The average molecular weight is 203 g/mol. The van der Waals surface area contributed by atoms with E-state index in [0.717, 1.165) is 12.8 Å². The highest BCUT2D eigenvalue weighted by atomic mass is 35.5. The number of hydrogen-bond donors (Lipinski definition) is 0. The van der Waals surface area contributed by atoms with Gasteiger partial charge in [0.25, 0.3) is 0 Å². The molecule has 0 atom stereocenters. The van der Waals surface area contributed by atoms with Gasteiger partial charge in [0, 0.05) is 0 Å². The van der Waals surface area contributed by atoms with Gasteiger partial charge in [0.2, 0.25) is 0 Å². The highest BCUT2D eigenvalue weighted by Crippen LogP contribution is 2.26. The minimum atomic E-state index is -0.424. The molecule has 1 aliphatic rings. The second kappa shape index (κ2) is 5.28. The van der Waals surface area contributed by atoms with Crippen LogP contribution in [-0.4, -0.2) is 13.1 Å². The Bertz CT molecular complexity index is 205. The van der Waals surface area contributed by atoms with Crippen LogP contribution in [0, 0.1) is 5.92 Å². The summed E-state index contributed by atoms with van der Waals surface area (Å²) in [5.41, 5.74) is 0. The Morgan fingerprint density at radius 2 is 2.00 bits per heavy atom. The van der Waals surface area contributed by atoms with E-state index in [0.29, 0.717) is 5.92 Å². The minimum absolute atomic E-state index is 0.231. The van der Waals surface area contributed by atoms with Gasteiger partial charge in [-0.15, -0.1) is 0 Å². The van der Waals surface area contributed by atoms with Crippen LogP contribution in [0.25, 0.3) is 0 Å². The molecule has 3 heteroatoms. The summed E-state index contributed by atoms with van der Waals surface area (Å²) in [6.45, 7) is 0. The second-order valence-electron chi connectivity index (χ2n) is 3.40. The third-order valence-corrected chi connectivity index (χ3v) is 2.69. The van der Waals surface area contributed by atoms with E-state index in [1.807, 2.05) is 6.08 Å². The van der Waals surface area contributed by atoms with Crippen LogP contribution in [-0.2, 0) is 9.53 Å². The van der Waals surface area contributed by atoms with Crippen LogP contribution in [0.4, 0.5) is 0 Å². The largest absolute Gasteiger partial charge is 0.465 e. The standard InChI is InChI=1S/C10H15ClO2/c1-13-10(12)9(11)7-8-5-3-2-4-6-8/h7-8H,2-6H2,1H3/b9-7-. The van der Waals surface area contributed by atoms with Gasteiger partial charge >= 0.3 is 5.97 Å². The van der Waals surface area contributed by atoms with Crippen LogP contribution >= 0.6 is 11.6 Å². The number of allylic oxidation sites excluding steroid dienone is 1. The van der Waals surface area contributed by atoms with Crippen molar-refractivity contribution in [3.05, 3.63) is 11.1 Å². The predicted octanol–water partition coefficient (Wildman–Crippen LogP) is 2.86. The van der Waals surface area contributed by atoms with E-state index in [4.69, 9.17) is 11.6 Å². The maximum Gasteiger partial charge on any atom is 0.349 e. The Balaban J connectivity index is 2.47. The van der Waals surface area contributed by atoms with Crippen molar-refractivity contribution >= 4 is 17.6 Å². The molecule has 0 heterocycles. The van der Waals surface area contributed by atoms with Crippen molar-refractivity contribution in [3.63, 3.8) is 0 Å². The summed E-state index contributed by atoms with van der Waals surface area (Å²) in [6.07, 6.45) is 7.92. The Hall–Kier alpha value is -0.500. The molecule has 0 N–H and O–H groups in total. The number of ether oxygens (including phenoxy) is 1. The first kappa shape index (κ1) is 10.6. The van der Waals surface area contributed by atoms with Gasteiger partial charge in [0.05, 0.1) is 7.11 Å². The molecule has 0 unspecified atom stereocenters. The summed E-state index contributed by atoms with van der Waals surface area (Å²) in [4.78, 5) is 11.0. The maximum absolute atomic E-state index is 11.0. The Labute approximate surface area is 83.9 Å². The van der Waals surface area contributed by atoms with E-state index < -0.39 is 5.97 Å². The number of halogens is 1. The zero-order chi connectivity index (χ0) is 9.68. The molecule has 0 spiro atoms. The molecular weight excluding hydrogens is 188 g/mol. The van der Waals surface area contributed by atoms with Crippen LogP contribution in [0.5, 0.6) is 0 Å². The zero-order valence-corrected chi connectivity index (χ0v) is 8.64. The Morgan fingerprint density at radius 1 is 1.38 bits per heavy atom. The van der Waals surface area contributed by atoms with E-state index >= 15 is 0 Å². The van der Waals surface area contributed by atoms with E-state index in [1.165, 1.54) is 26.4 Å². The smallest absolute Gasteiger partial charge is 0.349 e. The van der Waals surface area contributed by atoms with Gasteiger partial charge in [-0.25, -0.2) is 4.79 Å². The van der Waals surface area contributed by atoms with Crippen LogP contribution < -0.4 is 0 Å². The Kier molecular flexibility index (Phi) is 4.29. The molecule has 0 aromatic rings. The number of carbonyl (C=O) groups excluding carboxylic acids is 1. The summed E-state index contributed by atoms with van der Waals surface area (Å²) >= 11 is 5.75. The van der Waals surface area contributed by atoms with Crippen LogP contribution in [0.2, 0.25) is 0 Å². The molecule has 13 heavy (non-hydrogen) atoms. The molecule has 1 aliphatic carbocycles. The molecule has 0 saturated heterocycles. The predicted molar refractivity (Wildman–Crippen MR) is 52.5 cm³/mol. The van der Waals surface area contributed by atoms with Crippen LogP contribution in [0.1, 0.15) is 32.1 Å². The van der Waals surface area contributed by atoms with Gasteiger partial charge in [0.15, 0.2) is 0 Å². The molecule has 0 amide bonds. The second-order valence-corrected chi connectivity index (χ2v) is 3.81. The third kappa shape index (κ3) is 3.39. The van der Waals surface area contributed by atoms with Gasteiger partial charge in [-0.3, -0.25) is 0 Å². The van der Waals surface area contributed by atoms with Crippen molar-refractivity contribution in [2.75, 3.05) is 7.11 Å². The molecule has 2 nitrogen and oxygen atoms in total. The first-order valence-corrected chi connectivity index (χ1v) is 5.07. The molecule has 1 saturated carbocycles. The van der Waals surface area contributed by atoms with Crippen molar-refractivity contribution in [3.8, 4) is 0 Å². The van der Waals surface area contributed by atoms with Crippen molar-refractivity contribution in [2.45, 2.75) is 32.1 Å². The lowest BCUT2D eigenvalue weighted by Crippen LogP contribution is -2.06. The fourth-order valence-electron chi connectivity index (χ4n) is 1.67. The lowest BCUT2D eigenvalue weighted by atomic mass is 9.89. The highest BCUT2D eigenvalue weighted by molar-refractivity contribution is 6.41. The van der Waals surface area contributed by atoms with Gasteiger partial charge < -0.3 is 4.74 Å². The SMILES string of the molecule is COC(=O)/C(Cl)=C/C1CCCCC1. The van der Waals surface area contributed by atoms with Crippen molar-refractivity contribution < 1.29 is 9.53 Å². The van der Waals surface area contributed by atoms with E-state index in [1.54, 1.807) is 0 Å². The number of hydrogen-bond acceptors (Lipinski definition) is 2. The lowest BCUT2D eigenvalue weighted by molar-refractivity contribution is -0.135. The fourth-order valence-corrected chi connectivity index (χ4v) is 1.93. The normalized spacial score (nSPS) is 20.0. The fraction of sp³-hybridized carbons (Fsp3) is 0.700. The van der Waals surface area contributed by atoms with Crippen LogP contribution in [0.3, 0.4) is 0 Å². The Morgan fingerprint density at radius 3 is 2.54 bits per heavy atom. The van der Waals surface area contributed by atoms with Gasteiger partial charge in [-0.2, -0.15) is 0 Å². The third-order valence-electron chi connectivity index (χ3n) is 2.41. The number of carbonyl (C=O) groups is 1. The van der Waals surface area contributed by atoms with Crippen LogP contribution in [0.15, 0.2) is 11.1 Å². The molecule has 0 aliphatic heterocycles. The zero-order valence-electron chi connectivity index (χ0n) is 7.88. The number of methoxy groups -OCH3 is 1. The first-order chi connectivity index (χ1) is 6.24. The van der Waals surface area contributed by atoms with E-state index in [-0.39, 0.29) is 5.03 Å². The topological polar surface area (TPSA) is 26.3 Å². The highest BCUT2D eigenvalue weighted by Gasteiger charge is 2.14. The van der Waals surface area contributed by atoms with Crippen molar-refractivity contribution in [2.24, 2.45) is 5.92 Å². The molecule has 0 bridgehead atoms. The molecule has 74 valence electrons. The van der Waals surface area contributed by atoms with Crippen molar-refractivity contribution in [1.29, 1.82) is 0 Å². The summed E-state index contributed by atoms with van der Waals surface area (Å²) in [6, 6.07) is 0. The number of esters is 1. The van der Waals surface area contributed by atoms with Crippen molar-refractivity contribution in [1.82, 2.24) is 0 Å².